The summed E-state index contributed by atoms with van der Waals surface area (Å²) in [5.41, 5.74) is 0.860. The average Bonchev–Trinajstić information content (AvgIpc) is 3.22. The summed E-state index contributed by atoms with van der Waals surface area (Å²) in [6.07, 6.45) is 7.23. The lowest BCUT2D eigenvalue weighted by atomic mass is 9.79. The highest BCUT2D eigenvalue weighted by atomic mass is 16.5. The summed E-state index contributed by atoms with van der Waals surface area (Å²) in [6.45, 7) is 0.690. The first-order valence-corrected chi connectivity index (χ1v) is 8.36. The van der Waals surface area contributed by atoms with Crippen LogP contribution in [0.1, 0.15) is 36.2 Å². The molecule has 3 atom stereocenters. The number of hydrogen-bond acceptors (Lipinski definition) is 5. The average molecular weight is 330 g/mol. The lowest BCUT2D eigenvalue weighted by molar-refractivity contribution is -0.0894. The number of amides is 1. The monoisotopic (exact) mass is 330 g/mol. The van der Waals surface area contributed by atoms with Crippen molar-refractivity contribution < 1.29 is 14.3 Å². The molecule has 2 aliphatic rings. The van der Waals surface area contributed by atoms with Crippen molar-refractivity contribution in [2.45, 2.75) is 43.4 Å². The number of fused-ring (bicyclic) bond motifs is 2. The summed E-state index contributed by atoms with van der Waals surface area (Å²) in [7, 11) is 3.49. The van der Waals surface area contributed by atoms with Crippen LogP contribution in [0.5, 0.6) is 0 Å². The Morgan fingerprint density at radius 3 is 3.00 bits per heavy atom. The first-order valence-electron chi connectivity index (χ1n) is 8.36. The molecule has 0 aromatic carbocycles. The number of hydrogen-bond donors (Lipinski definition) is 0. The van der Waals surface area contributed by atoms with Crippen LogP contribution < -0.4 is 0 Å². The molecule has 1 aliphatic carbocycles. The molecular formula is C17H22N4O3. The van der Waals surface area contributed by atoms with Gasteiger partial charge in [0.25, 0.3) is 5.91 Å². The van der Waals surface area contributed by atoms with Crippen molar-refractivity contribution in [2.75, 3.05) is 20.8 Å². The highest BCUT2D eigenvalue weighted by Gasteiger charge is 2.52. The minimum Gasteiger partial charge on any atom is -0.381 e. The summed E-state index contributed by atoms with van der Waals surface area (Å²) < 4.78 is 13.1. The van der Waals surface area contributed by atoms with Gasteiger partial charge >= 0.3 is 0 Å². The van der Waals surface area contributed by atoms with Crippen LogP contribution in [-0.2, 0) is 9.47 Å². The molecule has 1 aliphatic heterocycles. The van der Waals surface area contributed by atoms with Crippen molar-refractivity contribution in [3.8, 4) is 0 Å². The fourth-order valence-corrected chi connectivity index (χ4v) is 4.20. The molecule has 0 N–H and O–H groups in total. The Labute approximate surface area is 140 Å². The predicted molar refractivity (Wildman–Crippen MR) is 86.8 cm³/mol. The zero-order valence-electron chi connectivity index (χ0n) is 14.0. The molecule has 2 aromatic rings. The van der Waals surface area contributed by atoms with Crippen molar-refractivity contribution in [3.63, 3.8) is 0 Å². The third-order valence-electron chi connectivity index (χ3n) is 5.59. The fraction of sp³-hybridized carbons (Fsp3) is 0.588. The molecule has 1 saturated heterocycles. The van der Waals surface area contributed by atoms with Crippen LogP contribution in [-0.4, -0.2) is 63.9 Å². The lowest BCUT2D eigenvalue weighted by Gasteiger charge is -2.43. The molecule has 3 heterocycles. The first-order chi connectivity index (χ1) is 11.7. The molecule has 1 saturated carbocycles. The second-order valence-electron chi connectivity index (χ2n) is 6.62. The van der Waals surface area contributed by atoms with E-state index in [1.807, 2.05) is 4.90 Å². The van der Waals surface area contributed by atoms with Crippen LogP contribution in [0.15, 0.2) is 24.5 Å². The van der Waals surface area contributed by atoms with Crippen molar-refractivity contribution in [2.24, 2.45) is 0 Å². The maximum Gasteiger partial charge on any atom is 0.274 e. The van der Waals surface area contributed by atoms with E-state index in [0.29, 0.717) is 17.9 Å². The van der Waals surface area contributed by atoms with E-state index in [0.717, 1.165) is 25.7 Å². The maximum atomic E-state index is 13.1. The second-order valence-corrected chi connectivity index (χ2v) is 6.62. The topological polar surface area (TPSA) is 69.0 Å². The molecule has 2 aromatic heterocycles. The summed E-state index contributed by atoms with van der Waals surface area (Å²) in [5.74, 6) is -0.0545. The third kappa shape index (κ3) is 2.31. The number of methoxy groups -OCH3 is 2. The maximum absolute atomic E-state index is 13.1. The van der Waals surface area contributed by atoms with E-state index in [1.165, 1.54) is 0 Å². The molecule has 0 bridgehead atoms. The van der Waals surface area contributed by atoms with E-state index >= 15 is 0 Å². The number of rotatable bonds is 3. The largest absolute Gasteiger partial charge is 0.381 e. The van der Waals surface area contributed by atoms with Gasteiger partial charge in [-0.05, 0) is 31.7 Å². The van der Waals surface area contributed by atoms with Gasteiger partial charge in [-0.2, -0.15) is 5.10 Å². The molecule has 7 nitrogen and oxygen atoms in total. The Kier molecular flexibility index (Phi) is 3.77. The van der Waals surface area contributed by atoms with E-state index in [2.05, 4.69) is 10.1 Å². The fourth-order valence-electron chi connectivity index (χ4n) is 4.20. The van der Waals surface area contributed by atoms with E-state index in [-0.39, 0.29) is 23.7 Å². The van der Waals surface area contributed by atoms with Crippen molar-refractivity contribution in [3.05, 3.63) is 30.2 Å². The molecule has 24 heavy (non-hydrogen) atoms. The van der Waals surface area contributed by atoms with Gasteiger partial charge in [0.05, 0.1) is 17.7 Å². The van der Waals surface area contributed by atoms with Gasteiger partial charge in [-0.25, -0.2) is 9.50 Å². The van der Waals surface area contributed by atoms with E-state index < -0.39 is 0 Å². The van der Waals surface area contributed by atoms with Gasteiger partial charge in [-0.3, -0.25) is 4.79 Å². The highest BCUT2D eigenvalue weighted by Crippen LogP contribution is 2.43. The van der Waals surface area contributed by atoms with Gasteiger partial charge < -0.3 is 14.4 Å². The van der Waals surface area contributed by atoms with Crippen LogP contribution >= 0.6 is 0 Å². The van der Waals surface area contributed by atoms with Crippen LogP contribution in [0.3, 0.4) is 0 Å². The molecule has 128 valence electrons. The zero-order valence-corrected chi connectivity index (χ0v) is 14.0. The van der Waals surface area contributed by atoms with Gasteiger partial charge in [0, 0.05) is 39.2 Å². The van der Waals surface area contributed by atoms with Crippen molar-refractivity contribution in [1.29, 1.82) is 0 Å². The first kappa shape index (κ1) is 15.5. The quantitative estimate of drug-likeness (QED) is 0.854. The number of aromatic nitrogens is 3. The Morgan fingerprint density at radius 2 is 2.25 bits per heavy atom. The number of nitrogens with zero attached hydrogens (tertiary/aromatic N) is 4. The van der Waals surface area contributed by atoms with Crippen LogP contribution in [0.25, 0.3) is 5.65 Å². The van der Waals surface area contributed by atoms with Gasteiger partial charge in [0.15, 0.2) is 11.3 Å². The molecule has 0 unspecified atom stereocenters. The van der Waals surface area contributed by atoms with E-state index in [1.54, 1.807) is 43.3 Å². The predicted octanol–water partition coefficient (Wildman–Crippen LogP) is 1.53. The van der Waals surface area contributed by atoms with Crippen molar-refractivity contribution in [1.82, 2.24) is 19.5 Å². The Balaban J connectivity index is 1.64. The standard InChI is InChI=1S/C17H22N4O3/c1-23-12-4-5-17(24-2)6-9-20(14(17)10-12)16(22)13-11-15-18-7-3-8-21(15)19-13/h3,7-8,11-12,14H,4-6,9-10H2,1-2H3/t12-,14+,17-/m1/s1. The normalized spacial score (nSPS) is 29.8. The Morgan fingerprint density at radius 1 is 1.38 bits per heavy atom. The highest BCUT2D eigenvalue weighted by molar-refractivity contribution is 5.94. The second kappa shape index (κ2) is 5.82. The molecular weight excluding hydrogens is 308 g/mol. The van der Waals surface area contributed by atoms with Gasteiger partial charge in [-0.1, -0.05) is 0 Å². The molecule has 0 spiro atoms. The number of ether oxygens (including phenoxy) is 2. The summed E-state index contributed by atoms with van der Waals surface area (Å²) >= 11 is 0. The van der Waals surface area contributed by atoms with Gasteiger partial charge in [0.1, 0.15) is 0 Å². The summed E-state index contributed by atoms with van der Waals surface area (Å²) in [5, 5.41) is 4.37. The van der Waals surface area contributed by atoms with E-state index in [9.17, 15) is 4.79 Å². The minimum atomic E-state index is -0.248. The zero-order chi connectivity index (χ0) is 16.7. The summed E-state index contributed by atoms with van der Waals surface area (Å²) in [6, 6.07) is 3.57. The third-order valence-corrected chi connectivity index (χ3v) is 5.59. The Bertz CT molecular complexity index is 728. The molecule has 0 radical (unpaired) electrons. The molecule has 7 heteroatoms. The van der Waals surface area contributed by atoms with Gasteiger partial charge in [0.2, 0.25) is 0 Å². The van der Waals surface area contributed by atoms with Crippen molar-refractivity contribution >= 4 is 11.6 Å². The lowest BCUT2D eigenvalue weighted by Crippen LogP contribution is -2.53. The van der Waals surface area contributed by atoms with Gasteiger partial charge in [-0.15, -0.1) is 0 Å². The number of likely N-dealkylation sites (tertiary alicyclic amines) is 1. The molecule has 4 rings (SSSR count). The molecule has 2 fully saturated rings. The SMILES string of the molecule is CO[C@@H]1CC[C@@]2(OC)CCN(C(=O)c3cc4ncccn4n3)[C@H]2C1. The minimum absolute atomic E-state index is 0.0338. The molecule has 1 amide bonds. The number of carbonyl (C=O) groups is 1. The van der Waals surface area contributed by atoms with E-state index in [4.69, 9.17) is 9.47 Å². The van der Waals surface area contributed by atoms with Crippen LogP contribution in [0.4, 0.5) is 0 Å². The van der Waals surface area contributed by atoms with Crippen LogP contribution in [0, 0.1) is 0 Å². The summed E-state index contributed by atoms with van der Waals surface area (Å²) in [4.78, 5) is 19.2. The number of carbonyl (C=O) groups excluding carboxylic acids is 1. The van der Waals surface area contributed by atoms with Crippen LogP contribution in [0.2, 0.25) is 0 Å². The Hall–Kier alpha value is -1.99. The smallest absolute Gasteiger partial charge is 0.274 e.